The van der Waals surface area contributed by atoms with Gasteiger partial charge in [-0.25, -0.2) is 0 Å². The zero-order valence-electron chi connectivity index (χ0n) is 9.58. The molecule has 1 unspecified atom stereocenters. The van der Waals surface area contributed by atoms with Gasteiger partial charge in [0.1, 0.15) is 11.9 Å². The van der Waals surface area contributed by atoms with Crippen LogP contribution in [0.4, 0.5) is 0 Å². The van der Waals surface area contributed by atoms with Crippen LogP contribution in [0.1, 0.15) is 30.9 Å². The van der Waals surface area contributed by atoms with Crippen molar-refractivity contribution in [2.24, 2.45) is 0 Å². The Morgan fingerprint density at radius 3 is 2.60 bits per heavy atom. The summed E-state index contributed by atoms with van der Waals surface area (Å²) in [5.41, 5.74) is 2.48. The zero-order chi connectivity index (χ0) is 11.3. The van der Waals surface area contributed by atoms with E-state index in [4.69, 9.17) is 10.00 Å². The first-order chi connectivity index (χ1) is 7.17. The van der Waals surface area contributed by atoms with Gasteiger partial charge in [0.15, 0.2) is 0 Å². The molecule has 1 aromatic rings. The standard InChI is InChI=1S/C13H17NO/c1-4-12(7-8-14)15-13-6-5-10(2)11(3)9-13/h5-6,9,12H,4,7H2,1-3H3. The van der Waals surface area contributed by atoms with Crippen molar-refractivity contribution in [1.82, 2.24) is 0 Å². The molecule has 80 valence electrons. The molecule has 0 aliphatic heterocycles. The molecule has 0 fully saturated rings. The van der Waals surface area contributed by atoms with Gasteiger partial charge in [-0.15, -0.1) is 0 Å². The van der Waals surface area contributed by atoms with E-state index in [2.05, 4.69) is 19.9 Å². The summed E-state index contributed by atoms with van der Waals surface area (Å²) in [5.74, 6) is 0.861. The average Bonchev–Trinajstić information content (AvgIpc) is 2.23. The molecule has 0 aromatic heterocycles. The van der Waals surface area contributed by atoms with Crippen LogP contribution in [0.3, 0.4) is 0 Å². The van der Waals surface area contributed by atoms with Gasteiger partial charge in [0, 0.05) is 0 Å². The third kappa shape index (κ3) is 3.28. The van der Waals surface area contributed by atoms with E-state index in [1.807, 2.05) is 25.1 Å². The number of hydrogen-bond acceptors (Lipinski definition) is 2. The van der Waals surface area contributed by atoms with E-state index in [1.54, 1.807) is 0 Å². The van der Waals surface area contributed by atoms with E-state index < -0.39 is 0 Å². The molecular formula is C13H17NO. The minimum Gasteiger partial charge on any atom is -0.489 e. The maximum Gasteiger partial charge on any atom is 0.120 e. The molecule has 1 aromatic carbocycles. The summed E-state index contributed by atoms with van der Waals surface area (Å²) < 4.78 is 5.72. The molecule has 0 aliphatic carbocycles. The smallest absolute Gasteiger partial charge is 0.120 e. The minimum absolute atomic E-state index is 0.0112. The van der Waals surface area contributed by atoms with Gasteiger partial charge < -0.3 is 4.74 Å². The summed E-state index contributed by atoms with van der Waals surface area (Å²) in [6.45, 7) is 6.17. The highest BCUT2D eigenvalue weighted by molar-refractivity contribution is 5.33. The van der Waals surface area contributed by atoms with Crippen LogP contribution in [0.25, 0.3) is 0 Å². The van der Waals surface area contributed by atoms with Gasteiger partial charge in [-0.1, -0.05) is 13.0 Å². The van der Waals surface area contributed by atoms with Crippen LogP contribution in [0.15, 0.2) is 18.2 Å². The van der Waals surface area contributed by atoms with Gasteiger partial charge >= 0.3 is 0 Å². The van der Waals surface area contributed by atoms with Crippen LogP contribution in [-0.2, 0) is 0 Å². The zero-order valence-corrected chi connectivity index (χ0v) is 9.58. The summed E-state index contributed by atoms with van der Waals surface area (Å²) in [6.07, 6.45) is 1.32. The molecule has 15 heavy (non-hydrogen) atoms. The molecule has 1 atom stereocenters. The number of nitriles is 1. The van der Waals surface area contributed by atoms with Crippen molar-refractivity contribution < 1.29 is 4.74 Å². The Balaban J connectivity index is 2.71. The quantitative estimate of drug-likeness (QED) is 0.751. The van der Waals surface area contributed by atoms with Gasteiger partial charge in [-0.2, -0.15) is 5.26 Å². The highest BCUT2D eigenvalue weighted by Gasteiger charge is 2.07. The second kappa shape index (κ2) is 5.41. The molecule has 0 saturated carbocycles. The van der Waals surface area contributed by atoms with E-state index in [-0.39, 0.29) is 6.10 Å². The second-order valence-electron chi connectivity index (χ2n) is 3.76. The number of benzene rings is 1. The first-order valence-corrected chi connectivity index (χ1v) is 5.28. The molecule has 0 bridgehead atoms. The Bertz CT molecular complexity index is 365. The maximum absolute atomic E-state index is 8.61. The molecule has 0 aliphatic rings. The Labute approximate surface area is 91.5 Å². The predicted octanol–water partition coefficient (Wildman–Crippen LogP) is 3.37. The predicted molar refractivity (Wildman–Crippen MR) is 60.9 cm³/mol. The minimum atomic E-state index is 0.0112. The van der Waals surface area contributed by atoms with Crippen LogP contribution in [0.5, 0.6) is 5.75 Å². The molecule has 1 rings (SSSR count). The number of hydrogen-bond donors (Lipinski definition) is 0. The van der Waals surface area contributed by atoms with Crippen molar-refractivity contribution in [3.8, 4) is 11.8 Å². The lowest BCUT2D eigenvalue weighted by Gasteiger charge is -2.15. The van der Waals surface area contributed by atoms with Crippen molar-refractivity contribution in [3.63, 3.8) is 0 Å². The van der Waals surface area contributed by atoms with Gasteiger partial charge in [0.2, 0.25) is 0 Å². The lowest BCUT2D eigenvalue weighted by atomic mass is 10.1. The molecule has 0 radical (unpaired) electrons. The van der Waals surface area contributed by atoms with Crippen molar-refractivity contribution in [2.45, 2.75) is 39.7 Å². The summed E-state index contributed by atoms with van der Waals surface area (Å²) in [6, 6.07) is 8.17. The molecule has 0 saturated heterocycles. The monoisotopic (exact) mass is 203 g/mol. The van der Waals surface area contributed by atoms with Crippen LogP contribution < -0.4 is 4.74 Å². The molecule has 0 heterocycles. The van der Waals surface area contributed by atoms with Crippen molar-refractivity contribution >= 4 is 0 Å². The second-order valence-corrected chi connectivity index (χ2v) is 3.76. The fourth-order valence-corrected chi connectivity index (χ4v) is 1.35. The lowest BCUT2D eigenvalue weighted by molar-refractivity contribution is 0.202. The van der Waals surface area contributed by atoms with E-state index in [1.165, 1.54) is 11.1 Å². The normalized spacial score (nSPS) is 11.9. The summed E-state index contributed by atoms with van der Waals surface area (Å²) in [4.78, 5) is 0. The van der Waals surface area contributed by atoms with E-state index in [0.29, 0.717) is 6.42 Å². The largest absolute Gasteiger partial charge is 0.489 e. The van der Waals surface area contributed by atoms with Gasteiger partial charge in [-0.05, 0) is 43.5 Å². The fraction of sp³-hybridized carbons (Fsp3) is 0.462. The first kappa shape index (κ1) is 11.6. The molecule has 0 N–H and O–H groups in total. The summed E-state index contributed by atoms with van der Waals surface area (Å²) >= 11 is 0. The van der Waals surface area contributed by atoms with Gasteiger partial charge in [0.25, 0.3) is 0 Å². The summed E-state index contributed by atoms with van der Waals surface area (Å²) in [7, 11) is 0. The van der Waals surface area contributed by atoms with Crippen molar-refractivity contribution in [3.05, 3.63) is 29.3 Å². The number of aryl methyl sites for hydroxylation is 2. The number of rotatable bonds is 4. The fourth-order valence-electron chi connectivity index (χ4n) is 1.35. The Hall–Kier alpha value is -1.49. The SMILES string of the molecule is CCC(CC#N)Oc1ccc(C)c(C)c1. The van der Waals surface area contributed by atoms with Crippen molar-refractivity contribution in [1.29, 1.82) is 5.26 Å². The van der Waals surface area contributed by atoms with E-state index in [9.17, 15) is 0 Å². The third-order valence-corrected chi connectivity index (χ3v) is 2.56. The highest BCUT2D eigenvalue weighted by atomic mass is 16.5. The molecule has 0 amide bonds. The van der Waals surface area contributed by atoms with Crippen LogP contribution >= 0.6 is 0 Å². The Kier molecular flexibility index (Phi) is 4.17. The number of ether oxygens (including phenoxy) is 1. The van der Waals surface area contributed by atoms with E-state index in [0.717, 1.165) is 12.2 Å². The molecular weight excluding hydrogens is 186 g/mol. The van der Waals surface area contributed by atoms with Gasteiger partial charge in [-0.3, -0.25) is 0 Å². The average molecular weight is 203 g/mol. The molecule has 2 heteroatoms. The van der Waals surface area contributed by atoms with Crippen LogP contribution in [-0.4, -0.2) is 6.10 Å². The van der Waals surface area contributed by atoms with Crippen LogP contribution in [0, 0.1) is 25.2 Å². The summed E-state index contributed by atoms with van der Waals surface area (Å²) in [5, 5.41) is 8.61. The van der Waals surface area contributed by atoms with E-state index >= 15 is 0 Å². The van der Waals surface area contributed by atoms with Gasteiger partial charge in [0.05, 0.1) is 12.5 Å². The Morgan fingerprint density at radius 1 is 1.33 bits per heavy atom. The number of nitrogens with zero attached hydrogens (tertiary/aromatic N) is 1. The molecule has 0 spiro atoms. The maximum atomic E-state index is 8.61. The lowest BCUT2D eigenvalue weighted by Crippen LogP contribution is -2.14. The third-order valence-electron chi connectivity index (χ3n) is 2.56. The topological polar surface area (TPSA) is 33.0 Å². The highest BCUT2D eigenvalue weighted by Crippen LogP contribution is 2.19. The first-order valence-electron chi connectivity index (χ1n) is 5.28. The van der Waals surface area contributed by atoms with Crippen molar-refractivity contribution in [2.75, 3.05) is 0 Å². The Morgan fingerprint density at radius 2 is 2.07 bits per heavy atom. The molecule has 2 nitrogen and oxygen atoms in total. The van der Waals surface area contributed by atoms with Crippen LogP contribution in [0.2, 0.25) is 0 Å².